The average molecular weight is 969 g/mol. The Labute approximate surface area is 295 Å². The van der Waals surface area contributed by atoms with Gasteiger partial charge >= 0.3 is 0 Å². The van der Waals surface area contributed by atoms with Crippen molar-refractivity contribution in [1.82, 2.24) is 0 Å². The molecule has 244 valence electrons. The van der Waals surface area contributed by atoms with E-state index in [0.717, 1.165) is 12.1 Å². The number of aliphatic hydroxyl groups excluding tert-OH is 4. The van der Waals surface area contributed by atoms with Gasteiger partial charge in [0.05, 0.1) is 31.4 Å². The maximum atomic E-state index is 13.2. The summed E-state index contributed by atoms with van der Waals surface area (Å²) in [5.74, 6) is -4.43. The van der Waals surface area contributed by atoms with Crippen LogP contribution in [0.2, 0.25) is 0 Å². The van der Waals surface area contributed by atoms with Crippen molar-refractivity contribution in [3.63, 3.8) is 0 Å². The molecule has 0 spiro atoms. The highest BCUT2D eigenvalue weighted by Crippen LogP contribution is 2.47. The van der Waals surface area contributed by atoms with Crippen molar-refractivity contribution in [2.24, 2.45) is 5.73 Å². The van der Waals surface area contributed by atoms with Crippen molar-refractivity contribution in [3.8, 4) is 11.1 Å². The van der Waals surface area contributed by atoms with E-state index >= 15 is 0 Å². The third-order valence-electron chi connectivity index (χ3n) is 6.72. The molecule has 6 N–H and O–H groups in total. The Kier molecular flexibility index (Phi) is 13.2. The van der Waals surface area contributed by atoms with Gasteiger partial charge in [0.15, 0.2) is 5.56 Å². The third kappa shape index (κ3) is 7.74. The number of carbonyl (C=O) groups is 4. The predicted molar refractivity (Wildman–Crippen MR) is 184 cm³/mol. The first-order valence-corrected chi connectivity index (χ1v) is 15.6. The van der Waals surface area contributed by atoms with Crippen LogP contribution in [-0.2, 0) is 14.4 Å². The molecular weight excluding hydrogens is 943 g/mol. The summed E-state index contributed by atoms with van der Waals surface area (Å²) in [5.41, 5.74) is 2.48. The lowest BCUT2D eigenvalue weighted by molar-refractivity contribution is -0.394. The lowest BCUT2D eigenvalue weighted by Crippen LogP contribution is -2.54. The average Bonchev–Trinajstić information content (AvgIpc) is 2.97. The van der Waals surface area contributed by atoms with Gasteiger partial charge in [0.2, 0.25) is 23.4 Å². The molecule has 0 aromatic heterocycles. The number of ketones is 2. The van der Waals surface area contributed by atoms with Gasteiger partial charge in [0.1, 0.15) is 24.4 Å². The van der Waals surface area contributed by atoms with Crippen LogP contribution in [0.5, 0.6) is 0 Å². The van der Waals surface area contributed by atoms with Crippen molar-refractivity contribution in [2.75, 3.05) is 30.5 Å². The molecular formula is C25H26I3N5O12. The fraction of sp³-hybridized carbons (Fsp3) is 0.360. The number of nitrogens with zero attached hydrogens (tertiary/aromatic N) is 4. The van der Waals surface area contributed by atoms with E-state index in [4.69, 9.17) is 10.8 Å². The number of aliphatic hydroxyl groups is 4. The number of nitro benzene ring substituents is 2. The van der Waals surface area contributed by atoms with E-state index in [1.807, 2.05) is 67.8 Å². The Morgan fingerprint density at radius 3 is 1.58 bits per heavy atom. The Bertz CT molecular complexity index is 1520. The highest BCUT2D eigenvalue weighted by molar-refractivity contribution is 14.1. The van der Waals surface area contributed by atoms with Gasteiger partial charge in [-0.15, -0.1) is 0 Å². The summed E-state index contributed by atoms with van der Waals surface area (Å²) < 4.78 is 1.06. The van der Waals surface area contributed by atoms with Gasteiger partial charge in [-0.25, -0.2) is 0 Å². The number of halogens is 3. The molecule has 20 heteroatoms. The molecule has 0 heterocycles. The Hall–Kier alpha value is -2.49. The first-order valence-electron chi connectivity index (χ1n) is 12.4. The molecule has 45 heavy (non-hydrogen) atoms. The molecule has 17 nitrogen and oxygen atoms in total. The second-order valence-corrected chi connectivity index (χ2v) is 12.8. The zero-order valence-corrected chi connectivity index (χ0v) is 30.2. The summed E-state index contributed by atoms with van der Waals surface area (Å²) in [6.07, 6.45) is -6.54. The molecule has 0 aliphatic heterocycles. The largest absolute Gasteiger partial charge is 0.394 e. The number of anilines is 2. The van der Waals surface area contributed by atoms with Crippen molar-refractivity contribution >= 4 is 114 Å². The van der Waals surface area contributed by atoms with Gasteiger partial charge < -0.3 is 36.0 Å². The highest BCUT2D eigenvalue weighted by atomic mass is 127. The van der Waals surface area contributed by atoms with Gasteiger partial charge in [0, 0.05) is 52.8 Å². The van der Waals surface area contributed by atoms with Gasteiger partial charge in [-0.05, 0) is 73.3 Å². The monoisotopic (exact) mass is 969 g/mol. The maximum absolute atomic E-state index is 13.2. The molecule has 2 aromatic carbocycles. The number of hydrogen-bond acceptors (Lipinski definition) is 13. The number of rotatable bonds is 12. The minimum Gasteiger partial charge on any atom is -0.394 e. The van der Waals surface area contributed by atoms with Crippen molar-refractivity contribution in [2.45, 2.75) is 38.2 Å². The molecule has 0 radical (unpaired) electrons. The van der Waals surface area contributed by atoms with E-state index in [0.29, 0.717) is 10.7 Å². The summed E-state index contributed by atoms with van der Waals surface area (Å²) in [6, 6.07) is -0.692. The zero-order valence-electron chi connectivity index (χ0n) is 23.7. The predicted octanol–water partition coefficient (Wildman–Crippen LogP) is 1.10. The number of carbonyl (C=O) groups excluding carboxylic acids is 4. The Balaban J connectivity index is 3.00. The van der Waals surface area contributed by atoms with Gasteiger partial charge in [-0.1, -0.05) is 0 Å². The Morgan fingerprint density at radius 1 is 0.844 bits per heavy atom. The smallest absolute Gasteiger partial charge is 0.288 e. The number of amides is 2. The molecule has 2 rings (SSSR count). The topological polar surface area (TPSA) is 268 Å². The lowest BCUT2D eigenvalue weighted by atomic mass is 9.91. The number of hydrogen-bond donors (Lipinski definition) is 5. The van der Waals surface area contributed by atoms with Crippen LogP contribution in [0, 0.1) is 30.9 Å². The van der Waals surface area contributed by atoms with Crippen LogP contribution in [0.4, 0.5) is 22.7 Å². The van der Waals surface area contributed by atoms with Crippen molar-refractivity contribution in [3.05, 3.63) is 48.6 Å². The van der Waals surface area contributed by atoms with Crippen LogP contribution in [0.1, 0.15) is 24.2 Å². The number of benzene rings is 2. The molecule has 0 aliphatic carbocycles. The van der Waals surface area contributed by atoms with Crippen LogP contribution >= 0.6 is 67.8 Å². The quantitative estimate of drug-likeness (QED) is 0.0657. The second kappa shape index (κ2) is 15.4. The fourth-order valence-electron chi connectivity index (χ4n) is 4.05. The Morgan fingerprint density at radius 2 is 1.24 bits per heavy atom. The standard InChI is InChI=1S/C25H26I3N5O12/c1-8(35)30(3)20-16(26)14(17(27)21(18(20)28)31(4)9(2)36)10-5-11(32(42)43)15(12(6-10)33(44)45)23(39)25(41)19(29)24(40)22(38)13(37)7-34/h5-6,13,19,22,24,34,37-38,40H,7,29H2,1-4H3/t13-,19-,22-,24-/m1/s1. The van der Waals surface area contributed by atoms with E-state index in [9.17, 15) is 54.7 Å². The number of nitrogens with two attached hydrogens (primary N) is 1. The maximum Gasteiger partial charge on any atom is 0.288 e. The van der Waals surface area contributed by atoms with Gasteiger partial charge in [0.25, 0.3) is 11.4 Å². The molecule has 0 unspecified atom stereocenters. The summed E-state index contributed by atoms with van der Waals surface area (Å²) in [4.78, 5) is 75.6. The summed E-state index contributed by atoms with van der Waals surface area (Å²) in [5, 5.41) is 63.0. The van der Waals surface area contributed by atoms with Gasteiger partial charge in [-0.2, -0.15) is 0 Å². The van der Waals surface area contributed by atoms with Crippen LogP contribution in [-0.4, -0.2) is 98.7 Å². The molecule has 2 aromatic rings. The fourth-order valence-corrected chi connectivity index (χ4v) is 9.29. The molecule has 2 amide bonds. The van der Waals surface area contributed by atoms with Crippen LogP contribution in [0.15, 0.2) is 12.1 Å². The van der Waals surface area contributed by atoms with Crippen molar-refractivity contribution < 1.29 is 49.5 Å². The second-order valence-electron chi connectivity index (χ2n) is 9.52. The van der Waals surface area contributed by atoms with E-state index in [1.165, 1.54) is 37.7 Å². The van der Waals surface area contributed by atoms with Gasteiger partial charge in [-0.3, -0.25) is 39.4 Å². The van der Waals surface area contributed by atoms with Crippen LogP contribution in [0.3, 0.4) is 0 Å². The number of nitro groups is 2. The van der Waals surface area contributed by atoms with E-state index in [-0.39, 0.29) is 22.5 Å². The SMILES string of the molecule is CC(=O)N(C)c1c(I)c(-c2cc([N+](=O)[O-])c(C(=O)C(=O)[C@H](N)[C@@H](O)[C@H](O)[C@H](O)CO)c([N+](=O)[O-])c2)c(I)c(N(C)C(C)=O)c1I. The number of Topliss-reactive ketones (excluding diaryl/α,β-unsaturated/α-hetero) is 2. The first-order chi connectivity index (χ1) is 20.7. The molecule has 4 atom stereocenters. The molecule has 0 fully saturated rings. The third-order valence-corrected chi connectivity index (χ3v) is 9.84. The molecule has 0 saturated carbocycles. The van der Waals surface area contributed by atoms with Crippen molar-refractivity contribution in [1.29, 1.82) is 0 Å². The lowest BCUT2D eigenvalue weighted by Gasteiger charge is -2.28. The summed E-state index contributed by atoms with van der Waals surface area (Å²) >= 11 is 5.63. The van der Waals surface area contributed by atoms with E-state index in [2.05, 4.69) is 0 Å². The molecule has 0 saturated heterocycles. The minimum atomic E-state index is -2.34. The summed E-state index contributed by atoms with van der Waals surface area (Å²) in [7, 11) is 2.89. The zero-order chi connectivity index (χ0) is 34.8. The first kappa shape index (κ1) is 38.7. The molecule has 0 aliphatic rings. The normalized spacial score (nSPS) is 13.8. The van der Waals surface area contributed by atoms with E-state index in [1.54, 1.807) is 0 Å². The van der Waals surface area contributed by atoms with E-state index < -0.39 is 81.1 Å². The highest BCUT2D eigenvalue weighted by Gasteiger charge is 2.42. The minimum absolute atomic E-state index is 0.132. The summed E-state index contributed by atoms with van der Waals surface area (Å²) in [6.45, 7) is 1.49. The van der Waals surface area contributed by atoms with Crippen LogP contribution in [0.25, 0.3) is 11.1 Å². The molecule has 0 bridgehead atoms. The van der Waals surface area contributed by atoms with Crippen LogP contribution < -0.4 is 15.5 Å².